The number of aryl methyl sites for hydroxylation is 1. The Hall–Kier alpha value is -2.80. The quantitative estimate of drug-likeness (QED) is 0.475. The Morgan fingerprint density at radius 3 is 2.62 bits per heavy atom. The van der Waals surface area contributed by atoms with Crippen LogP contribution in [0.5, 0.6) is 5.75 Å². The van der Waals surface area contributed by atoms with Crippen LogP contribution >= 0.6 is 11.8 Å². The van der Waals surface area contributed by atoms with Gasteiger partial charge in [-0.2, -0.15) is 5.10 Å². The first-order valence-electron chi connectivity index (χ1n) is 11.0. The summed E-state index contributed by atoms with van der Waals surface area (Å²) in [5.41, 5.74) is 5.56. The van der Waals surface area contributed by atoms with Crippen LogP contribution in [0.4, 0.5) is 10.5 Å². The van der Waals surface area contributed by atoms with Crippen molar-refractivity contribution in [2.24, 2.45) is 10.1 Å². The fourth-order valence-electron chi connectivity index (χ4n) is 4.32. The largest absolute Gasteiger partial charge is 0.497 e. The highest BCUT2D eigenvalue weighted by Gasteiger charge is 2.37. The molecule has 32 heavy (non-hydrogen) atoms. The zero-order valence-electron chi connectivity index (χ0n) is 19.4. The highest BCUT2D eigenvalue weighted by molar-refractivity contribution is 8.15. The number of thioether (sulfide) groups is 1. The summed E-state index contributed by atoms with van der Waals surface area (Å²) in [7, 11) is 3.52. The molecule has 0 saturated heterocycles. The summed E-state index contributed by atoms with van der Waals surface area (Å²) in [6.07, 6.45) is 2.06. The summed E-state index contributed by atoms with van der Waals surface area (Å²) in [6.45, 7) is 7.58. The van der Waals surface area contributed by atoms with E-state index in [4.69, 9.17) is 9.84 Å². The summed E-state index contributed by atoms with van der Waals surface area (Å²) in [5, 5.41) is 6.28. The molecule has 0 radical (unpaired) electrons. The molecule has 0 bridgehead atoms. The van der Waals surface area contributed by atoms with Gasteiger partial charge in [-0.05, 0) is 81.1 Å². The molecule has 0 aliphatic carbocycles. The molecule has 0 fully saturated rings. The number of amidine groups is 1. The van der Waals surface area contributed by atoms with Gasteiger partial charge in [-0.15, -0.1) is 0 Å². The maximum Gasteiger partial charge on any atom is 0.302 e. The van der Waals surface area contributed by atoms with Crippen LogP contribution in [0.2, 0.25) is 0 Å². The number of hydrazone groups is 1. The molecule has 168 valence electrons. The van der Waals surface area contributed by atoms with E-state index in [2.05, 4.69) is 54.1 Å². The zero-order chi connectivity index (χ0) is 22.9. The number of aliphatic imine (C=N–C) groups is 1. The van der Waals surface area contributed by atoms with E-state index in [1.165, 1.54) is 23.0 Å². The number of methoxy groups -OCH3 is 1. The Bertz CT molecular complexity index is 1080. The summed E-state index contributed by atoms with van der Waals surface area (Å²) in [6, 6.07) is 14.6. The fraction of sp³-hybridized carbons (Fsp3) is 0.400. The Kier molecular flexibility index (Phi) is 6.29. The molecule has 2 heterocycles. The lowest BCUT2D eigenvalue weighted by molar-refractivity contribution is 0.226. The number of rotatable bonds is 4. The molecule has 0 aromatic heterocycles. The molecule has 2 aliphatic heterocycles. The predicted octanol–water partition coefficient (Wildman–Crippen LogP) is 5.20. The van der Waals surface area contributed by atoms with Crippen LogP contribution in [0.15, 0.2) is 52.6 Å². The van der Waals surface area contributed by atoms with Crippen LogP contribution in [-0.2, 0) is 6.42 Å². The van der Waals surface area contributed by atoms with E-state index in [0.717, 1.165) is 47.8 Å². The number of hydrogen-bond acceptors (Lipinski definition) is 5. The minimum atomic E-state index is -0.371. The molecule has 2 aromatic carbocycles. The van der Waals surface area contributed by atoms with Crippen molar-refractivity contribution in [3.8, 4) is 5.75 Å². The van der Waals surface area contributed by atoms with Crippen LogP contribution in [0.1, 0.15) is 43.9 Å². The fourth-order valence-corrected chi connectivity index (χ4v) is 5.28. The van der Waals surface area contributed by atoms with Gasteiger partial charge in [0.1, 0.15) is 11.6 Å². The van der Waals surface area contributed by atoms with Gasteiger partial charge in [0.2, 0.25) is 0 Å². The number of fused-ring (bicyclic) bond motifs is 1. The van der Waals surface area contributed by atoms with Gasteiger partial charge >= 0.3 is 5.24 Å². The zero-order valence-corrected chi connectivity index (χ0v) is 20.2. The standard InChI is InChI=1S/C25H30N4O2S/c1-6-29-24(30)32-25(2,3)22(27-29)19-11-14-21-18(16-19)8-7-15-28(21)23(26-4)17-9-12-20(31-5)13-10-17/h9-14,16H,6-8,15H2,1-5H3. The van der Waals surface area contributed by atoms with E-state index in [9.17, 15) is 4.79 Å². The van der Waals surface area contributed by atoms with E-state index in [1.54, 1.807) is 12.1 Å². The van der Waals surface area contributed by atoms with Gasteiger partial charge in [0.05, 0.1) is 17.6 Å². The normalized spacial score (nSPS) is 18.3. The maximum absolute atomic E-state index is 12.3. The summed E-state index contributed by atoms with van der Waals surface area (Å²) < 4.78 is 4.93. The smallest absolute Gasteiger partial charge is 0.302 e. The number of hydrogen-bond donors (Lipinski definition) is 0. The first-order valence-corrected chi connectivity index (χ1v) is 11.8. The van der Waals surface area contributed by atoms with E-state index < -0.39 is 0 Å². The highest BCUT2D eigenvalue weighted by Crippen LogP contribution is 2.37. The summed E-state index contributed by atoms with van der Waals surface area (Å²) in [4.78, 5) is 19.3. The molecule has 4 rings (SSSR count). The third-order valence-electron chi connectivity index (χ3n) is 5.93. The van der Waals surface area contributed by atoms with Crippen molar-refractivity contribution in [1.29, 1.82) is 0 Å². The molecule has 0 unspecified atom stereocenters. The van der Waals surface area contributed by atoms with E-state index in [0.29, 0.717) is 6.54 Å². The Morgan fingerprint density at radius 1 is 1.22 bits per heavy atom. The highest BCUT2D eigenvalue weighted by atomic mass is 32.2. The van der Waals surface area contributed by atoms with E-state index in [-0.39, 0.29) is 9.99 Å². The number of carbonyl (C=O) groups is 1. The topological polar surface area (TPSA) is 57.5 Å². The third-order valence-corrected chi connectivity index (χ3v) is 7.02. The van der Waals surface area contributed by atoms with Gasteiger partial charge in [-0.1, -0.05) is 17.8 Å². The van der Waals surface area contributed by atoms with E-state index >= 15 is 0 Å². The number of benzene rings is 2. The Labute approximate surface area is 194 Å². The molecular weight excluding hydrogens is 420 g/mol. The van der Waals surface area contributed by atoms with Crippen molar-refractivity contribution >= 4 is 34.2 Å². The van der Waals surface area contributed by atoms with Crippen LogP contribution in [0.3, 0.4) is 0 Å². The SMILES string of the molecule is CCN1N=C(c2ccc3c(c2)CCCN3C(=NC)c2ccc(OC)cc2)C(C)(C)SC1=O. The predicted molar refractivity (Wildman–Crippen MR) is 134 cm³/mol. The lowest BCUT2D eigenvalue weighted by Crippen LogP contribution is -2.41. The molecule has 0 spiro atoms. The van der Waals surface area contributed by atoms with Crippen LogP contribution < -0.4 is 9.64 Å². The Balaban J connectivity index is 1.70. The second-order valence-electron chi connectivity index (χ2n) is 8.42. The molecule has 2 aromatic rings. The monoisotopic (exact) mass is 450 g/mol. The summed E-state index contributed by atoms with van der Waals surface area (Å²) >= 11 is 1.34. The third kappa shape index (κ3) is 4.13. The summed E-state index contributed by atoms with van der Waals surface area (Å²) in [5.74, 6) is 1.79. The maximum atomic E-state index is 12.3. The van der Waals surface area contributed by atoms with Crippen molar-refractivity contribution in [2.75, 3.05) is 32.1 Å². The minimum absolute atomic E-state index is 0.00803. The lowest BCUT2D eigenvalue weighted by Gasteiger charge is -2.35. The van der Waals surface area contributed by atoms with Gasteiger partial charge in [-0.25, -0.2) is 5.01 Å². The van der Waals surface area contributed by atoms with Crippen molar-refractivity contribution in [1.82, 2.24) is 5.01 Å². The second-order valence-corrected chi connectivity index (χ2v) is 9.99. The van der Waals surface area contributed by atoms with Gasteiger partial charge < -0.3 is 9.64 Å². The molecule has 1 amide bonds. The minimum Gasteiger partial charge on any atom is -0.497 e. The van der Waals surface area contributed by atoms with Crippen molar-refractivity contribution in [3.05, 3.63) is 59.2 Å². The number of carbonyl (C=O) groups excluding carboxylic acids is 1. The first-order chi connectivity index (χ1) is 15.4. The molecule has 0 saturated carbocycles. The van der Waals surface area contributed by atoms with Crippen molar-refractivity contribution in [3.63, 3.8) is 0 Å². The number of ether oxygens (including phenoxy) is 1. The molecular formula is C25H30N4O2S. The average molecular weight is 451 g/mol. The molecule has 2 aliphatic rings. The van der Waals surface area contributed by atoms with Gasteiger partial charge in [-0.3, -0.25) is 9.79 Å². The van der Waals surface area contributed by atoms with Gasteiger partial charge in [0, 0.05) is 31.4 Å². The van der Waals surface area contributed by atoms with Gasteiger partial charge in [0.15, 0.2) is 0 Å². The van der Waals surface area contributed by atoms with Crippen LogP contribution in [0.25, 0.3) is 0 Å². The first kappa shape index (κ1) is 22.4. The molecule has 0 atom stereocenters. The van der Waals surface area contributed by atoms with Crippen LogP contribution in [0, 0.1) is 0 Å². The second kappa shape index (κ2) is 8.98. The molecule has 0 N–H and O–H groups in total. The number of amides is 1. The lowest BCUT2D eigenvalue weighted by atomic mass is 9.93. The number of anilines is 1. The Morgan fingerprint density at radius 2 is 1.97 bits per heavy atom. The van der Waals surface area contributed by atoms with Crippen molar-refractivity contribution < 1.29 is 9.53 Å². The number of nitrogens with zero attached hydrogens (tertiary/aromatic N) is 4. The molecule has 7 heteroatoms. The van der Waals surface area contributed by atoms with E-state index in [1.807, 2.05) is 26.1 Å². The van der Waals surface area contributed by atoms with Gasteiger partial charge in [0.25, 0.3) is 0 Å². The average Bonchev–Trinajstić information content (AvgIpc) is 2.79. The molecule has 6 nitrogen and oxygen atoms in total. The van der Waals surface area contributed by atoms with Crippen LogP contribution in [-0.4, -0.2) is 53.8 Å². The van der Waals surface area contributed by atoms with Crippen molar-refractivity contribution in [2.45, 2.75) is 38.4 Å².